The number of rotatable bonds is 7. The number of nitrogens with two attached hydrogens (primary N) is 1. The molecule has 0 bridgehead atoms. The molecule has 0 aliphatic rings. The molecule has 2 aromatic heterocycles. The Kier molecular flexibility index (Phi) is 5.44. The molecule has 9 heteroatoms. The summed E-state index contributed by atoms with van der Waals surface area (Å²) in [6, 6.07) is 14.8. The van der Waals surface area contributed by atoms with E-state index in [2.05, 4.69) is 0 Å². The number of hydrogen-bond acceptors (Lipinski definition) is 4. The third-order valence-electron chi connectivity index (χ3n) is 5.71. The molecule has 0 atom stereocenters. The SMILES string of the molecule is NC(=O)c1cccc2c1c1c(OCC(=O)O)cc(-c3ccco3)cc1n2Cc1cc(F)ccc1F. The first kappa shape index (κ1) is 22.1. The van der Waals surface area contributed by atoms with E-state index in [4.69, 9.17) is 14.9 Å². The molecule has 3 aromatic carbocycles. The number of carboxylic acid groups (broad SMARTS) is 1. The van der Waals surface area contributed by atoms with E-state index in [0.717, 1.165) is 18.2 Å². The van der Waals surface area contributed by atoms with Gasteiger partial charge in [0.2, 0.25) is 5.91 Å². The van der Waals surface area contributed by atoms with Gasteiger partial charge in [-0.2, -0.15) is 0 Å². The lowest BCUT2D eigenvalue weighted by Crippen LogP contribution is -2.11. The number of aliphatic carboxylic acids is 1. The Balaban J connectivity index is 1.88. The van der Waals surface area contributed by atoms with E-state index in [1.54, 1.807) is 47.0 Å². The average Bonchev–Trinajstić information content (AvgIpc) is 3.47. The number of ether oxygens (including phenoxy) is 1. The molecule has 176 valence electrons. The standard InChI is InChI=1S/C26H18F2N2O5/c27-16-6-7-18(28)15(9-16)12-30-19-4-1-3-17(26(29)33)24(19)25-20(30)10-14(21-5-2-8-34-21)11-22(25)35-13-23(31)32/h1-11H,12-13H2,(H2,29,33)(H,31,32). The van der Waals surface area contributed by atoms with Gasteiger partial charge in [0.25, 0.3) is 0 Å². The van der Waals surface area contributed by atoms with Crippen molar-refractivity contribution in [1.82, 2.24) is 4.57 Å². The van der Waals surface area contributed by atoms with Crippen LogP contribution in [0.25, 0.3) is 33.1 Å². The number of halogens is 2. The van der Waals surface area contributed by atoms with Crippen LogP contribution in [0.2, 0.25) is 0 Å². The Hall–Kier alpha value is -4.66. The van der Waals surface area contributed by atoms with E-state index in [0.29, 0.717) is 33.1 Å². The quantitative estimate of drug-likeness (QED) is 0.346. The molecule has 0 fully saturated rings. The number of furan rings is 1. The second kappa shape index (κ2) is 8.60. The van der Waals surface area contributed by atoms with Crippen LogP contribution in [0.5, 0.6) is 5.75 Å². The third kappa shape index (κ3) is 3.97. The summed E-state index contributed by atoms with van der Waals surface area (Å²) in [5, 5.41) is 10.0. The molecule has 1 amide bonds. The van der Waals surface area contributed by atoms with Gasteiger partial charge >= 0.3 is 5.97 Å². The number of fused-ring (bicyclic) bond motifs is 3. The number of carboxylic acids is 1. The Bertz CT molecular complexity index is 1610. The topological polar surface area (TPSA) is 108 Å². The van der Waals surface area contributed by atoms with Crippen molar-refractivity contribution in [1.29, 1.82) is 0 Å². The fourth-order valence-corrected chi connectivity index (χ4v) is 4.27. The summed E-state index contributed by atoms with van der Waals surface area (Å²) >= 11 is 0. The van der Waals surface area contributed by atoms with E-state index in [1.165, 1.54) is 6.26 Å². The van der Waals surface area contributed by atoms with Crippen LogP contribution in [0.4, 0.5) is 8.78 Å². The molecule has 0 saturated carbocycles. The molecular weight excluding hydrogens is 458 g/mol. The fourth-order valence-electron chi connectivity index (χ4n) is 4.27. The molecule has 5 aromatic rings. The van der Waals surface area contributed by atoms with Crippen molar-refractivity contribution in [3.05, 3.63) is 89.7 Å². The summed E-state index contributed by atoms with van der Waals surface area (Å²) in [6.07, 6.45) is 1.49. The fraction of sp³-hybridized carbons (Fsp3) is 0.0769. The van der Waals surface area contributed by atoms with Crippen molar-refractivity contribution in [2.24, 2.45) is 5.73 Å². The number of primary amides is 1. The first-order valence-corrected chi connectivity index (χ1v) is 10.5. The van der Waals surface area contributed by atoms with Gasteiger partial charge in [0, 0.05) is 22.1 Å². The molecule has 2 heterocycles. The van der Waals surface area contributed by atoms with E-state index < -0.39 is 30.1 Å². The molecule has 3 N–H and O–H groups in total. The van der Waals surface area contributed by atoms with Gasteiger partial charge in [-0.3, -0.25) is 4.79 Å². The van der Waals surface area contributed by atoms with Crippen LogP contribution >= 0.6 is 0 Å². The van der Waals surface area contributed by atoms with E-state index in [-0.39, 0.29) is 23.4 Å². The number of benzene rings is 3. The molecule has 0 saturated heterocycles. The lowest BCUT2D eigenvalue weighted by Gasteiger charge is -2.11. The highest BCUT2D eigenvalue weighted by atomic mass is 19.1. The average molecular weight is 476 g/mol. The van der Waals surface area contributed by atoms with E-state index in [9.17, 15) is 23.5 Å². The Labute approximate surface area is 196 Å². The maximum absolute atomic E-state index is 14.6. The molecule has 0 aliphatic carbocycles. The van der Waals surface area contributed by atoms with Gasteiger partial charge in [0.15, 0.2) is 6.61 Å². The molecule has 0 spiro atoms. The maximum atomic E-state index is 14.6. The second-order valence-corrected chi connectivity index (χ2v) is 7.91. The van der Waals surface area contributed by atoms with Gasteiger partial charge in [-0.25, -0.2) is 13.6 Å². The number of amides is 1. The smallest absolute Gasteiger partial charge is 0.341 e. The minimum absolute atomic E-state index is 0.0776. The Morgan fingerprint density at radius 1 is 1.00 bits per heavy atom. The van der Waals surface area contributed by atoms with Crippen molar-refractivity contribution in [3.8, 4) is 17.1 Å². The van der Waals surface area contributed by atoms with Gasteiger partial charge in [0.05, 0.1) is 29.2 Å². The van der Waals surface area contributed by atoms with Crippen LogP contribution in [0.1, 0.15) is 15.9 Å². The zero-order chi connectivity index (χ0) is 24.7. The molecular formula is C26H18F2N2O5. The highest BCUT2D eigenvalue weighted by Gasteiger charge is 2.22. The zero-order valence-electron chi connectivity index (χ0n) is 18.1. The summed E-state index contributed by atoms with van der Waals surface area (Å²) < 4.78 is 41.4. The van der Waals surface area contributed by atoms with Gasteiger partial charge in [-0.15, -0.1) is 0 Å². The van der Waals surface area contributed by atoms with E-state index in [1.807, 2.05) is 0 Å². The number of nitrogens with zero attached hydrogens (tertiary/aromatic N) is 1. The normalized spacial score (nSPS) is 11.3. The highest BCUT2D eigenvalue weighted by Crippen LogP contribution is 2.41. The van der Waals surface area contributed by atoms with Crippen LogP contribution in [0, 0.1) is 11.6 Å². The van der Waals surface area contributed by atoms with Gasteiger partial charge in [-0.1, -0.05) is 6.07 Å². The third-order valence-corrected chi connectivity index (χ3v) is 5.71. The zero-order valence-corrected chi connectivity index (χ0v) is 18.1. The number of aromatic nitrogens is 1. The summed E-state index contributed by atoms with van der Waals surface area (Å²) in [7, 11) is 0. The number of carbonyl (C=O) groups is 2. The predicted molar refractivity (Wildman–Crippen MR) is 124 cm³/mol. The van der Waals surface area contributed by atoms with E-state index >= 15 is 0 Å². The van der Waals surface area contributed by atoms with Crippen LogP contribution in [0.15, 0.2) is 71.3 Å². The van der Waals surface area contributed by atoms with Gasteiger partial charge < -0.3 is 24.6 Å². The number of hydrogen-bond donors (Lipinski definition) is 2. The van der Waals surface area contributed by atoms with Crippen LogP contribution in [0.3, 0.4) is 0 Å². The van der Waals surface area contributed by atoms with Crippen LogP contribution in [-0.2, 0) is 11.3 Å². The van der Waals surface area contributed by atoms with Crippen molar-refractivity contribution in [2.75, 3.05) is 6.61 Å². The van der Waals surface area contributed by atoms with Crippen LogP contribution in [-0.4, -0.2) is 28.2 Å². The Morgan fingerprint density at radius 2 is 1.83 bits per heavy atom. The molecule has 7 nitrogen and oxygen atoms in total. The maximum Gasteiger partial charge on any atom is 0.341 e. The molecule has 0 radical (unpaired) electrons. The summed E-state index contributed by atoms with van der Waals surface area (Å²) in [5.41, 5.74) is 7.48. The minimum atomic E-state index is -1.19. The van der Waals surface area contributed by atoms with Crippen molar-refractivity contribution in [2.45, 2.75) is 6.54 Å². The summed E-state index contributed by atoms with van der Waals surface area (Å²) in [5.74, 6) is -2.43. The first-order valence-electron chi connectivity index (χ1n) is 10.5. The van der Waals surface area contributed by atoms with Gasteiger partial charge in [0.1, 0.15) is 23.1 Å². The summed E-state index contributed by atoms with van der Waals surface area (Å²) in [6.45, 7) is -0.716. The lowest BCUT2D eigenvalue weighted by molar-refractivity contribution is -0.139. The second-order valence-electron chi connectivity index (χ2n) is 7.91. The molecule has 5 rings (SSSR count). The first-order chi connectivity index (χ1) is 16.8. The number of carbonyl (C=O) groups excluding carboxylic acids is 1. The van der Waals surface area contributed by atoms with Crippen LogP contribution < -0.4 is 10.5 Å². The lowest BCUT2D eigenvalue weighted by atomic mass is 10.0. The largest absolute Gasteiger partial charge is 0.481 e. The molecule has 35 heavy (non-hydrogen) atoms. The van der Waals surface area contributed by atoms with Crippen molar-refractivity contribution in [3.63, 3.8) is 0 Å². The Morgan fingerprint density at radius 3 is 2.54 bits per heavy atom. The minimum Gasteiger partial charge on any atom is -0.481 e. The van der Waals surface area contributed by atoms with Crippen molar-refractivity contribution < 1.29 is 32.6 Å². The predicted octanol–water partition coefficient (Wildman–Crippen LogP) is 4.94. The molecule has 0 aliphatic heterocycles. The van der Waals surface area contributed by atoms with Gasteiger partial charge in [-0.05, 0) is 54.6 Å². The summed E-state index contributed by atoms with van der Waals surface area (Å²) in [4.78, 5) is 23.6. The highest BCUT2D eigenvalue weighted by molar-refractivity contribution is 6.20. The monoisotopic (exact) mass is 476 g/mol. The van der Waals surface area contributed by atoms with Crippen molar-refractivity contribution >= 4 is 33.7 Å². The molecule has 0 unspecified atom stereocenters.